The number of nitro groups is 1. The number of methoxy groups -OCH3 is 1. The van der Waals surface area contributed by atoms with Gasteiger partial charge in [0.15, 0.2) is 5.75 Å². The highest BCUT2D eigenvalue weighted by atomic mass is 16.6. The first kappa shape index (κ1) is 27.1. The Morgan fingerprint density at radius 3 is 2.52 bits per heavy atom. The van der Waals surface area contributed by atoms with Gasteiger partial charge >= 0.3 is 5.69 Å². The lowest BCUT2D eigenvalue weighted by Gasteiger charge is -2.22. The van der Waals surface area contributed by atoms with E-state index in [9.17, 15) is 14.9 Å². The molecule has 0 unspecified atom stereocenters. The fourth-order valence-electron chi connectivity index (χ4n) is 5.69. The standard InChI is InChI=1S/C33H30N4O5/c1-41-30-19-22(18-29(37(39)40)31(30)42-21-25-14-9-13-23-10-5-6-15-26(23)25)20-34-36-32(24-11-3-2-4-12-24)35-28-17-8-7-16-27(28)33(36)38/h5-10,13-20,24H,2-4,11-12,21H2,1H3. The lowest BCUT2D eigenvalue weighted by atomic mass is 9.88. The maximum absolute atomic E-state index is 13.5. The number of benzene rings is 4. The number of aromatic nitrogens is 2. The van der Waals surface area contributed by atoms with Crippen LogP contribution < -0.4 is 15.0 Å². The average molecular weight is 563 g/mol. The molecule has 1 aliphatic carbocycles. The molecule has 0 N–H and O–H groups in total. The Kier molecular flexibility index (Phi) is 7.64. The molecular weight excluding hydrogens is 532 g/mol. The summed E-state index contributed by atoms with van der Waals surface area (Å²) in [6.07, 6.45) is 6.61. The van der Waals surface area contributed by atoms with Gasteiger partial charge in [-0.1, -0.05) is 73.9 Å². The highest BCUT2D eigenvalue weighted by molar-refractivity contribution is 5.86. The molecule has 0 radical (unpaired) electrons. The van der Waals surface area contributed by atoms with E-state index in [1.54, 1.807) is 18.2 Å². The van der Waals surface area contributed by atoms with Crippen LogP contribution in [0, 0.1) is 10.1 Å². The van der Waals surface area contributed by atoms with Gasteiger partial charge in [-0.05, 0) is 47.4 Å². The first-order valence-corrected chi connectivity index (χ1v) is 14.1. The van der Waals surface area contributed by atoms with E-state index in [0.29, 0.717) is 22.3 Å². The third-order valence-corrected chi connectivity index (χ3v) is 7.80. The Hall–Kier alpha value is -5.05. The maximum atomic E-state index is 13.5. The number of fused-ring (bicyclic) bond motifs is 2. The van der Waals surface area contributed by atoms with Crippen molar-refractivity contribution in [2.45, 2.75) is 44.6 Å². The lowest BCUT2D eigenvalue weighted by Crippen LogP contribution is -2.25. The normalized spacial score (nSPS) is 14.0. The Labute approximate surface area is 242 Å². The molecule has 1 heterocycles. The smallest absolute Gasteiger partial charge is 0.315 e. The van der Waals surface area contributed by atoms with Crippen molar-refractivity contribution in [1.29, 1.82) is 0 Å². The average Bonchev–Trinajstić information content (AvgIpc) is 3.03. The number of nitrogens with zero attached hydrogens (tertiary/aromatic N) is 4. The van der Waals surface area contributed by atoms with E-state index in [-0.39, 0.29) is 35.3 Å². The molecule has 0 saturated heterocycles. The minimum Gasteiger partial charge on any atom is -0.493 e. The van der Waals surface area contributed by atoms with E-state index < -0.39 is 4.92 Å². The molecule has 1 saturated carbocycles. The largest absolute Gasteiger partial charge is 0.493 e. The first-order chi connectivity index (χ1) is 20.5. The van der Waals surface area contributed by atoms with E-state index in [4.69, 9.17) is 14.5 Å². The monoisotopic (exact) mass is 562 g/mol. The number of rotatable bonds is 8. The zero-order valence-electron chi connectivity index (χ0n) is 23.2. The molecule has 212 valence electrons. The fraction of sp³-hybridized carbons (Fsp3) is 0.242. The zero-order valence-corrected chi connectivity index (χ0v) is 23.2. The summed E-state index contributed by atoms with van der Waals surface area (Å²) in [7, 11) is 1.43. The van der Waals surface area contributed by atoms with Crippen molar-refractivity contribution in [3.63, 3.8) is 0 Å². The maximum Gasteiger partial charge on any atom is 0.315 e. The molecule has 0 spiro atoms. The van der Waals surface area contributed by atoms with E-state index in [1.807, 2.05) is 54.6 Å². The van der Waals surface area contributed by atoms with Crippen LogP contribution in [0.4, 0.5) is 5.69 Å². The SMILES string of the molecule is COc1cc(C=Nn2c(C3CCCCC3)nc3ccccc3c2=O)cc([N+](=O)[O-])c1OCc1cccc2ccccc12. The van der Waals surface area contributed by atoms with Crippen molar-refractivity contribution in [1.82, 2.24) is 9.66 Å². The summed E-state index contributed by atoms with van der Waals surface area (Å²) < 4.78 is 12.9. The number of hydrogen-bond donors (Lipinski definition) is 0. The van der Waals surface area contributed by atoms with Crippen molar-refractivity contribution < 1.29 is 14.4 Å². The molecule has 1 fully saturated rings. The zero-order chi connectivity index (χ0) is 29.1. The van der Waals surface area contributed by atoms with Gasteiger partial charge in [0.05, 0.1) is 29.2 Å². The second kappa shape index (κ2) is 11.8. The summed E-state index contributed by atoms with van der Waals surface area (Å²) in [4.78, 5) is 30.0. The first-order valence-electron chi connectivity index (χ1n) is 14.1. The summed E-state index contributed by atoms with van der Waals surface area (Å²) in [5, 5.41) is 19.2. The van der Waals surface area contributed by atoms with Crippen LogP contribution in [0.25, 0.3) is 21.7 Å². The Morgan fingerprint density at radius 1 is 1.00 bits per heavy atom. The van der Waals surface area contributed by atoms with Crippen molar-refractivity contribution in [3.8, 4) is 11.5 Å². The van der Waals surface area contributed by atoms with E-state index in [2.05, 4.69) is 5.10 Å². The molecule has 9 heteroatoms. The van der Waals surface area contributed by atoms with Gasteiger partial charge in [0.2, 0.25) is 5.75 Å². The summed E-state index contributed by atoms with van der Waals surface area (Å²) >= 11 is 0. The number of hydrogen-bond acceptors (Lipinski definition) is 7. The predicted octanol–water partition coefficient (Wildman–Crippen LogP) is 6.98. The third kappa shape index (κ3) is 5.33. The van der Waals surface area contributed by atoms with Crippen LogP contribution >= 0.6 is 0 Å². The summed E-state index contributed by atoms with van der Waals surface area (Å²) in [6.45, 7) is 0.120. The van der Waals surface area contributed by atoms with Crippen molar-refractivity contribution in [2.24, 2.45) is 5.10 Å². The van der Waals surface area contributed by atoms with Crippen LogP contribution in [0.2, 0.25) is 0 Å². The van der Waals surface area contributed by atoms with Crippen molar-refractivity contribution in [2.75, 3.05) is 7.11 Å². The molecule has 9 nitrogen and oxygen atoms in total. The lowest BCUT2D eigenvalue weighted by molar-refractivity contribution is -0.386. The van der Waals surface area contributed by atoms with Crippen LogP contribution in [0.5, 0.6) is 11.5 Å². The molecule has 0 atom stereocenters. The molecule has 6 rings (SSSR count). The van der Waals surface area contributed by atoms with Gasteiger partial charge in [0.25, 0.3) is 5.56 Å². The van der Waals surface area contributed by atoms with Crippen molar-refractivity contribution in [3.05, 3.63) is 116 Å². The summed E-state index contributed by atoms with van der Waals surface area (Å²) in [6, 6.07) is 24.0. The molecule has 1 aliphatic rings. The fourth-order valence-corrected chi connectivity index (χ4v) is 5.69. The topological polar surface area (TPSA) is 109 Å². The van der Waals surface area contributed by atoms with Crippen molar-refractivity contribution >= 4 is 33.6 Å². The van der Waals surface area contributed by atoms with Gasteiger partial charge in [-0.15, -0.1) is 0 Å². The Bertz CT molecular complexity index is 1870. The second-order valence-corrected chi connectivity index (χ2v) is 10.4. The summed E-state index contributed by atoms with van der Waals surface area (Å²) in [5.41, 5.74) is 1.40. The number of para-hydroxylation sites is 1. The van der Waals surface area contributed by atoms with Crippen LogP contribution in [-0.4, -0.2) is 27.9 Å². The van der Waals surface area contributed by atoms with Gasteiger partial charge < -0.3 is 9.47 Å². The van der Waals surface area contributed by atoms with Crippen LogP contribution in [0.15, 0.2) is 88.8 Å². The molecule has 1 aromatic heterocycles. The quantitative estimate of drug-likeness (QED) is 0.115. The molecule has 4 aromatic carbocycles. The molecule has 0 aliphatic heterocycles. The van der Waals surface area contributed by atoms with Gasteiger partial charge in [-0.25, -0.2) is 4.98 Å². The molecule has 42 heavy (non-hydrogen) atoms. The van der Waals surface area contributed by atoms with Gasteiger partial charge in [-0.2, -0.15) is 9.78 Å². The second-order valence-electron chi connectivity index (χ2n) is 10.4. The van der Waals surface area contributed by atoms with Crippen LogP contribution in [-0.2, 0) is 6.61 Å². The molecular formula is C33H30N4O5. The minimum absolute atomic E-state index is 0.0278. The number of ether oxygens (including phenoxy) is 2. The molecule has 5 aromatic rings. The summed E-state index contributed by atoms with van der Waals surface area (Å²) in [5.74, 6) is 0.954. The highest BCUT2D eigenvalue weighted by Gasteiger charge is 2.24. The minimum atomic E-state index is -0.504. The van der Waals surface area contributed by atoms with E-state index in [1.165, 1.54) is 24.1 Å². The molecule has 0 bridgehead atoms. The van der Waals surface area contributed by atoms with Crippen LogP contribution in [0.3, 0.4) is 0 Å². The Morgan fingerprint density at radius 2 is 1.74 bits per heavy atom. The van der Waals surface area contributed by atoms with Crippen LogP contribution in [0.1, 0.15) is 55.0 Å². The van der Waals surface area contributed by atoms with Gasteiger partial charge in [0.1, 0.15) is 12.4 Å². The van der Waals surface area contributed by atoms with Gasteiger partial charge in [0, 0.05) is 17.5 Å². The van der Waals surface area contributed by atoms with E-state index in [0.717, 1.165) is 48.4 Å². The van der Waals surface area contributed by atoms with E-state index >= 15 is 0 Å². The number of nitro benzene ring substituents is 1. The molecule has 0 amide bonds. The Balaban J connectivity index is 1.37. The van der Waals surface area contributed by atoms with Gasteiger partial charge in [-0.3, -0.25) is 14.9 Å². The highest BCUT2D eigenvalue weighted by Crippen LogP contribution is 2.39. The predicted molar refractivity (Wildman–Crippen MR) is 163 cm³/mol. The third-order valence-electron chi connectivity index (χ3n) is 7.80.